The lowest BCUT2D eigenvalue weighted by molar-refractivity contribution is 0.161. The lowest BCUT2D eigenvalue weighted by Crippen LogP contribution is -2.26. The van der Waals surface area contributed by atoms with Crippen LogP contribution in [0.1, 0.15) is 31.6 Å². The van der Waals surface area contributed by atoms with Crippen LogP contribution in [0.25, 0.3) is 0 Å². The van der Waals surface area contributed by atoms with Crippen LogP contribution in [0.3, 0.4) is 0 Å². The second kappa shape index (κ2) is 8.32. The molecular formula is C17H24N2O4S. The molecule has 0 aliphatic rings. The first-order valence-electron chi connectivity index (χ1n) is 7.96. The second-order valence-electron chi connectivity index (χ2n) is 5.57. The first-order valence-corrected chi connectivity index (χ1v) is 9.44. The van der Waals surface area contributed by atoms with Gasteiger partial charge in [0, 0.05) is 25.5 Å². The van der Waals surface area contributed by atoms with Gasteiger partial charge in [0.1, 0.15) is 5.75 Å². The lowest BCUT2D eigenvalue weighted by Gasteiger charge is -2.13. The highest BCUT2D eigenvalue weighted by molar-refractivity contribution is 7.89. The van der Waals surface area contributed by atoms with Crippen molar-refractivity contribution in [1.29, 1.82) is 0 Å². The fourth-order valence-corrected chi connectivity index (χ4v) is 3.36. The minimum atomic E-state index is -3.60. The number of nitrogens with one attached hydrogen (secondary N) is 1. The molecule has 7 heteroatoms. The van der Waals surface area contributed by atoms with Crippen LogP contribution >= 0.6 is 0 Å². The third-order valence-electron chi connectivity index (χ3n) is 3.64. The molecule has 1 unspecified atom stereocenters. The molecule has 1 aromatic carbocycles. The monoisotopic (exact) mass is 352 g/mol. The van der Waals surface area contributed by atoms with Crippen LogP contribution in [0, 0.1) is 0 Å². The molecule has 132 valence electrons. The highest BCUT2D eigenvalue weighted by Crippen LogP contribution is 2.18. The fourth-order valence-electron chi connectivity index (χ4n) is 2.32. The van der Waals surface area contributed by atoms with E-state index < -0.39 is 16.1 Å². The van der Waals surface area contributed by atoms with E-state index in [1.165, 1.54) is 12.1 Å². The molecular weight excluding hydrogens is 328 g/mol. The van der Waals surface area contributed by atoms with E-state index in [2.05, 4.69) is 4.72 Å². The SMILES string of the molecule is CCCOc1ccc(S(=O)(=O)NCCC(O)c2cccn2C)cc1. The van der Waals surface area contributed by atoms with Crippen molar-refractivity contribution in [3.8, 4) is 5.75 Å². The number of rotatable bonds is 9. The third-order valence-corrected chi connectivity index (χ3v) is 5.12. The van der Waals surface area contributed by atoms with Gasteiger partial charge in [-0.15, -0.1) is 0 Å². The number of aliphatic hydroxyl groups excluding tert-OH is 1. The minimum absolute atomic E-state index is 0.156. The van der Waals surface area contributed by atoms with E-state index in [4.69, 9.17) is 4.74 Å². The second-order valence-corrected chi connectivity index (χ2v) is 7.33. The average Bonchev–Trinajstić information content (AvgIpc) is 2.99. The molecule has 0 fully saturated rings. The van der Waals surface area contributed by atoms with E-state index in [0.717, 1.165) is 12.1 Å². The number of hydrogen-bond donors (Lipinski definition) is 2. The Bertz CT molecular complexity index is 738. The molecule has 0 aliphatic carbocycles. The fraction of sp³-hybridized carbons (Fsp3) is 0.412. The molecule has 0 spiro atoms. The molecule has 0 bridgehead atoms. The van der Waals surface area contributed by atoms with Gasteiger partial charge in [0.05, 0.1) is 17.6 Å². The Morgan fingerprint density at radius 1 is 1.25 bits per heavy atom. The minimum Gasteiger partial charge on any atom is -0.494 e. The zero-order valence-electron chi connectivity index (χ0n) is 14.0. The molecule has 1 atom stereocenters. The van der Waals surface area contributed by atoms with Gasteiger partial charge in [-0.05, 0) is 49.2 Å². The number of ether oxygens (including phenoxy) is 1. The zero-order valence-corrected chi connectivity index (χ0v) is 14.8. The van der Waals surface area contributed by atoms with Crippen LogP contribution in [0.4, 0.5) is 0 Å². The molecule has 2 N–H and O–H groups in total. The number of hydrogen-bond acceptors (Lipinski definition) is 4. The smallest absolute Gasteiger partial charge is 0.240 e. The van der Waals surface area contributed by atoms with E-state index in [-0.39, 0.29) is 11.4 Å². The molecule has 0 aliphatic heterocycles. The number of benzene rings is 1. The molecule has 0 saturated carbocycles. The standard InChI is InChI=1S/C17H24N2O4S/c1-3-13-23-14-6-8-15(9-7-14)24(21,22)18-11-10-17(20)16-5-4-12-19(16)2/h4-9,12,17-18,20H,3,10-11,13H2,1-2H3. The summed E-state index contributed by atoms with van der Waals surface area (Å²) < 4.78 is 34.3. The van der Waals surface area contributed by atoms with Gasteiger partial charge in [-0.3, -0.25) is 0 Å². The van der Waals surface area contributed by atoms with E-state index in [1.807, 2.05) is 36.9 Å². The quantitative estimate of drug-likeness (QED) is 0.725. The molecule has 2 aromatic rings. The number of sulfonamides is 1. The molecule has 1 heterocycles. The van der Waals surface area contributed by atoms with Crippen molar-refractivity contribution >= 4 is 10.0 Å². The highest BCUT2D eigenvalue weighted by atomic mass is 32.2. The Kier molecular flexibility index (Phi) is 6.42. The van der Waals surface area contributed by atoms with Crippen LogP contribution in [-0.4, -0.2) is 31.2 Å². The molecule has 6 nitrogen and oxygen atoms in total. The van der Waals surface area contributed by atoms with Gasteiger partial charge in [-0.2, -0.15) is 0 Å². The number of nitrogens with zero attached hydrogens (tertiary/aromatic N) is 1. The Balaban J connectivity index is 1.90. The van der Waals surface area contributed by atoms with E-state index >= 15 is 0 Å². The average molecular weight is 352 g/mol. The molecule has 2 rings (SSSR count). The molecule has 0 saturated heterocycles. The summed E-state index contributed by atoms with van der Waals surface area (Å²) in [7, 11) is -1.76. The first-order chi connectivity index (χ1) is 11.4. The summed E-state index contributed by atoms with van der Waals surface area (Å²) in [4.78, 5) is 0.180. The number of aliphatic hydroxyl groups is 1. The normalized spacial score (nSPS) is 13.0. The van der Waals surface area contributed by atoms with Crippen molar-refractivity contribution in [2.45, 2.75) is 30.8 Å². The van der Waals surface area contributed by atoms with Gasteiger partial charge in [0.15, 0.2) is 0 Å². The number of aryl methyl sites for hydroxylation is 1. The van der Waals surface area contributed by atoms with Crippen molar-refractivity contribution in [2.75, 3.05) is 13.2 Å². The van der Waals surface area contributed by atoms with Gasteiger partial charge in [-0.1, -0.05) is 6.92 Å². The summed E-state index contributed by atoms with van der Waals surface area (Å²) in [5, 5.41) is 10.1. The summed E-state index contributed by atoms with van der Waals surface area (Å²) in [5.74, 6) is 0.648. The van der Waals surface area contributed by atoms with Gasteiger partial charge < -0.3 is 14.4 Å². The Morgan fingerprint density at radius 2 is 1.96 bits per heavy atom. The Labute approximate surface area is 143 Å². The third kappa shape index (κ3) is 4.83. The van der Waals surface area contributed by atoms with Crippen molar-refractivity contribution in [1.82, 2.24) is 9.29 Å². The van der Waals surface area contributed by atoms with Crippen molar-refractivity contribution in [3.63, 3.8) is 0 Å². The molecule has 0 radical (unpaired) electrons. The zero-order chi connectivity index (χ0) is 17.6. The van der Waals surface area contributed by atoms with E-state index in [9.17, 15) is 13.5 Å². The van der Waals surface area contributed by atoms with Crippen molar-refractivity contribution in [3.05, 3.63) is 48.3 Å². The maximum absolute atomic E-state index is 12.3. The Morgan fingerprint density at radius 3 is 2.54 bits per heavy atom. The van der Waals surface area contributed by atoms with Crippen LogP contribution in [0.15, 0.2) is 47.5 Å². The van der Waals surface area contributed by atoms with Crippen LogP contribution in [0.2, 0.25) is 0 Å². The van der Waals surface area contributed by atoms with Gasteiger partial charge in [-0.25, -0.2) is 13.1 Å². The maximum Gasteiger partial charge on any atom is 0.240 e. The van der Waals surface area contributed by atoms with E-state index in [0.29, 0.717) is 18.8 Å². The summed E-state index contributed by atoms with van der Waals surface area (Å²) in [6.45, 7) is 2.76. The maximum atomic E-state index is 12.3. The molecule has 1 aromatic heterocycles. The van der Waals surface area contributed by atoms with Crippen molar-refractivity contribution < 1.29 is 18.3 Å². The predicted octanol–water partition coefficient (Wildman–Crippen LogP) is 2.22. The molecule has 0 amide bonds. The topological polar surface area (TPSA) is 80.6 Å². The van der Waals surface area contributed by atoms with Crippen LogP contribution in [-0.2, 0) is 17.1 Å². The summed E-state index contributed by atoms with van der Waals surface area (Å²) in [6.07, 6.45) is 2.32. The summed E-state index contributed by atoms with van der Waals surface area (Å²) >= 11 is 0. The summed E-state index contributed by atoms with van der Waals surface area (Å²) in [6, 6.07) is 9.97. The van der Waals surface area contributed by atoms with Gasteiger partial charge in [0.2, 0.25) is 10.0 Å². The van der Waals surface area contributed by atoms with Crippen molar-refractivity contribution in [2.24, 2.45) is 7.05 Å². The number of aromatic nitrogens is 1. The van der Waals surface area contributed by atoms with Crippen LogP contribution < -0.4 is 9.46 Å². The van der Waals surface area contributed by atoms with Crippen LogP contribution in [0.5, 0.6) is 5.75 Å². The largest absolute Gasteiger partial charge is 0.494 e. The van der Waals surface area contributed by atoms with E-state index in [1.54, 1.807) is 12.1 Å². The van der Waals surface area contributed by atoms with Gasteiger partial charge in [0.25, 0.3) is 0 Å². The van der Waals surface area contributed by atoms with Gasteiger partial charge >= 0.3 is 0 Å². The lowest BCUT2D eigenvalue weighted by atomic mass is 10.2. The highest BCUT2D eigenvalue weighted by Gasteiger charge is 2.16. The Hall–Kier alpha value is -1.83. The summed E-state index contributed by atoms with van der Waals surface area (Å²) in [5.41, 5.74) is 0.756. The first kappa shape index (κ1) is 18.5. The predicted molar refractivity (Wildman–Crippen MR) is 92.4 cm³/mol. The molecule has 24 heavy (non-hydrogen) atoms.